The number of carboxylic acid groups (broad SMARTS) is 1. The lowest BCUT2D eigenvalue weighted by molar-refractivity contribution is -0.145. The number of carbonyl (C=O) groups excluding carboxylic acids is 5. The van der Waals surface area contributed by atoms with Crippen LogP contribution in [0.2, 0.25) is 0 Å². The number of ether oxygens (including phenoxy) is 4. The lowest BCUT2D eigenvalue weighted by atomic mass is 10.1. The van der Waals surface area contributed by atoms with Crippen LogP contribution in [0, 0.1) is 0 Å². The van der Waals surface area contributed by atoms with Crippen LogP contribution < -0.4 is 5.32 Å². The van der Waals surface area contributed by atoms with Gasteiger partial charge in [0.05, 0.1) is 43.7 Å². The minimum absolute atomic E-state index is 0.00717. The first-order valence-corrected chi connectivity index (χ1v) is 26.0. The third-order valence-corrected chi connectivity index (χ3v) is 11.0. The lowest BCUT2D eigenvalue weighted by Gasteiger charge is -2.42. The number of aliphatic carboxylic acids is 1. The van der Waals surface area contributed by atoms with Crippen molar-refractivity contribution < 1.29 is 52.8 Å². The molecular weight excluding hydrogens is 993 g/mol. The van der Waals surface area contributed by atoms with Gasteiger partial charge in [-0.25, -0.2) is 33.9 Å². The zero-order chi connectivity index (χ0) is 57.0. The number of nitrogens with one attached hydrogen (secondary N) is 1. The molecule has 23 nitrogen and oxygen atoms in total. The van der Waals surface area contributed by atoms with Gasteiger partial charge in [-0.15, -0.1) is 0 Å². The Morgan fingerprint density at radius 1 is 0.584 bits per heavy atom. The van der Waals surface area contributed by atoms with Crippen molar-refractivity contribution in [2.75, 3.05) is 52.4 Å². The maximum absolute atomic E-state index is 14.1. The van der Waals surface area contributed by atoms with Crippen LogP contribution >= 0.6 is 0 Å². The van der Waals surface area contributed by atoms with Gasteiger partial charge in [0, 0.05) is 89.5 Å². The van der Waals surface area contributed by atoms with Crippen molar-refractivity contribution in [2.24, 2.45) is 0 Å². The molecule has 4 aromatic heterocycles. The van der Waals surface area contributed by atoms with E-state index < -0.39 is 64.8 Å². The van der Waals surface area contributed by atoms with Gasteiger partial charge in [-0.2, -0.15) is 0 Å². The number of nitrogens with zero attached hydrogens (tertiary/aromatic N) is 11. The topological polar surface area (TPSA) is 249 Å². The van der Waals surface area contributed by atoms with Crippen molar-refractivity contribution in [2.45, 2.75) is 157 Å². The Labute approximate surface area is 453 Å². The van der Waals surface area contributed by atoms with E-state index in [-0.39, 0.29) is 51.7 Å². The van der Waals surface area contributed by atoms with Gasteiger partial charge in [-0.1, -0.05) is 12.1 Å². The first-order chi connectivity index (χ1) is 36.1. The first kappa shape index (κ1) is 62.2. The van der Waals surface area contributed by atoms with Gasteiger partial charge < -0.3 is 53.2 Å². The van der Waals surface area contributed by atoms with Crippen LogP contribution in [0.3, 0.4) is 0 Å². The number of aryl methyl sites for hydroxylation is 2. The SMILES string of the molecule is CC(C)(C)OC(=O)N1CCN(C(=O)OC(C)(C)C)[C@@H](C(=O)N(CCCn2ccnc2)Cc2ccccn2)C1.CC(C)(C)OC(=O)N1CCN(C(=O)OC(C)(C)C)[C@@H](C(=O)O)C1.c1ccc(CNCCCn2ccnc2)nc1. The number of hydrogen-bond donors (Lipinski definition) is 2. The Kier molecular flexibility index (Phi) is 23.2. The highest BCUT2D eigenvalue weighted by Crippen LogP contribution is 2.22. The van der Waals surface area contributed by atoms with Gasteiger partial charge in [0.25, 0.3) is 0 Å². The van der Waals surface area contributed by atoms with Gasteiger partial charge in [0.15, 0.2) is 6.04 Å². The fourth-order valence-electron chi connectivity index (χ4n) is 7.60. The van der Waals surface area contributed by atoms with Crippen LogP contribution in [0.25, 0.3) is 0 Å². The minimum Gasteiger partial charge on any atom is -0.480 e. The summed E-state index contributed by atoms with van der Waals surface area (Å²) >= 11 is 0. The molecular formula is C54H82N12O11. The molecule has 6 rings (SSSR count). The molecule has 0 spiro atoms. The first-order valence-electron chi connectivity index (χ1n) is 26.0. The third kappa shape index (κ3) is 23.2. The van der Waals surface area contributed by atoms with E-state index in [0.29, 0.717) is 19.5 Å². The number of amides is 5. The van der Waals surface area contributed by atoms with Crippen molar-refractivity contribution in [3.8, 4) is 0 Å². The highest BCUT2D eigenvalue weighted by atomic mass is 16.6. The van der Waals surface area contributed by atoms with Crippen LogP contribution in [0.1, 0.15) is 107 Å². The van der Waals surface area contributed by atoms with Crippen LogP contribution in [-0.4, -0.2) is 182 Å². The summed E-state index contributed by atoms with van der Waals surface area (Å²) in [6, 6.07) is 9.43. The Morgan fingerprint density at radius 2 is 1.03 bits per heavy atom. The largest absolute Gasteiger partial charge is 0.480 e. The second-order valence-corrected chi connectivity index (χ2v) is 22.5. The molecule has 2 aliphatic heterocycles. The highest BCUT2D eigenvalue weighted by Gasteiger charge is 2.43. The molecule has 23 heteroatoms. The molecule has 2 atom stereocenters. The van der Waals surface area contributed by atoms with E-state index in [2.05, 4.69) is 29.8 Å². The lowest BCUT2D eigenvalue weighted by Crippen LogP contribution is -2.62. The second-order valence-electron chi connectivity index (χ2n) is 22.5. The standard InChI is InChI=1S/C27H40N6O5.C15H26N2O6.C12H16N4/c1-26(2,3)37-24(35)32-16-17-33(25(36)38-27(4,5)6)22(19-32)23(34)31(18-21-10-7-8-11-29-21)14-9-13-30-15-12-28-20-30;1-14(2,3)22-12(20)16-7-8-17(10(9-16)11(18)19)13(21)23-15(4,5)6;1-2-6-15-12(4-1)10-13-5-3-8-16-9-7-14-11-16/h7-8,10-12,15,20,22H,9,13-14,16-19H2,1-6H3;10H,7-9H2,1-6H3,(H,18,19);1-2,4,6-7,9,11,13H,3,5,8,10H2/t22-;10-;/m11./s1. The Morgan fingerprint density at radius 3 is 1.45 bits per heavy atom. The van der Waals surface area contributed by atoms with Crippen LogP contribution in [0.5, 0.6) is 0 Å². The third-order valence-electron chi connectivity index (χ3n) is 11.0. The molecule has 0 unspecified atom stereocenters. The van der Waals surface area contributed by atoms with Crippen molar-refractivity contribution in [1.82, 2.24) is 58.9 Å². The Bertz CT molecular complexity index is 2430. The van der Waals surface area contributed by atoms with E-state index in [0.717, 1.165) is 42.3 Å². The fourth-order valence-corrected chi connectivity index (χ4v) is 7.60. The summed E-state index contributed by atoms with van der Waals surface area (Å²) in [7, 11) is 0. The molecule has 2 N–H and O–H groups in total. The Hall–Kier alpha value is -7.30. The van der Waals surface area contributed by atoms with E-state index in [1.807, 2.05) is 65.9 Å². The molecule has 6 heterocycles. The highest BCUT2D eigenvalue weighted by molar-refractivity contribution is 5.87. The van der Waals surface area contributed by atoms with E-state index in [1.165, 1.54) is 14.7 Å². The summed E-state index contributed by atoms with van der Waals surface area (Å²) in [5.74, 6) is -1.47. The zero-order valence-corrected chi connectivity index (χ0v) is 47.1. The van der Waals surface area contributed by atoms with Crippen LogP contribution in [-0.2, 0) is 54.7 Å². The second kappa shape index (κ2) is 28.7. The monoisotopic (exact) mass is 1070 g/mol. The van der Waals surface area contributed by atoms with Crippen LogP contribution in [0.15, 0.2) is 86.2 Å². The molecule has 0 bridgehead atoms. The smallest absolute Gasteiger partial charge is 0.411 e. The van der Waals surface area contributed by atoms with E-state index >= 15 is 0 Å². The average Bonchev–Trinajstić information content (AvgIpc) is 4.08. The molecule has 2 saturated heterocycles. The number of carboxylic acids is 1. The quantitative estimate of drug-likeness (QED) is 0.0959. The Balaban J connectivity index is 0.000000277. The number of pyridine rings is 2. The predicted octanol–water partition coefficient (Wildman–Crippen LogP) is 6.94. The van der Waals surface area contributed by atoms with E-state index in [9.17, 15) is 33.9 Å². The molecule has 2 fully saturated rings. The molecule has 0 aliphatic carbocycles. The van der Waals surface area contributed by atoms with Gasteiger partial charge >= 0.3 is 30.3 Å². The van der Waals surface area contributed by atoms with E-state index in [4.69, 9.17) is 18.9 Å². The van der Waals surface area contributed by atoms with Crippen LogP contribution in [0.4, 0.5) is 19.2 Å². The molecule has 5 amide bonds. The molecule has 0 saturated carbocycles. The maximum Gasteiger partial charge on any atom is 0.411 e. The van der Waals surface area contributed by atoms with Gasteiger partial charge in [0.2, 0.25) is 5.91 Å². The number of carbonyl (C=O) groups is 6. The number of piperazine rings is 2. The summed E-state index contributed by atoms with van der Waals surface area (Å²) < 4.78 is 25.7. The van der Waals surface area contributed by atoms with Crippen molar-refractivity contribution >= 4 is 36.2 Å². The summed E-state index contributed by atoms with van der Waals surface area (Å²) in [4.78, 5) is 99.5. The predicted molar refractivity (Wildman–Crippen MR) is 286 cm³/mol. The number of hydrogen-bond acceptors (Lipinski definition) is 15. The number of rotatable bonds is 14. The van der Waals surface area contributed by atoms with Crippen molar-refractivity contribution in [3.63, 3.8) is 0 Å². The average molecular weight is 1080 g/mol. The zero-order valence-electron chi connectivity index (χ0n) is 47.1. The molecule has 424 valence electrons. The van der Waals surface area contributed by atoms with Crippen molar-refractivity contribution in [3.05, 3.63) is 97.6 Å². The maximum atomic E-state index is 14.1. The minimum atomic E-state index is -1.19. The normalized spacial score (nSPS) is 15.9. The molecule has 2 aliphatic rings. The van der Waals surface area contributed by atoms with Gasteiger partial charge in [0.1, 0.15) is 28.4 Å². The summed E-state index contributed by atoms with van der Waals surface area (Å²) in [6.07, 6.45) is 13.8. The molecule has 0 radical (unpaired) electrons. The molecule has 0 aromatic carbocycles. The summed E-state index contributed by atoms with van der Waals surface area (Å²) in [6.45, 7) is 25.8. The van der Waals surface area contributed by atoms with Gasteiger partial charge in [-0.05, 0) is 127 Å². The fraction of sp³-hybridized carbons (Fsp3) is 0.593. The summed E-state index contributed by atoms with van der Waals surface area (Å²) in [5, 5.41) is 12.7. The van der Waals surface area contributed by atoms with Crippen molar-refractivity contribution in [1.29, 1.82) is 0 Å². The van der Waals surface area contributed by atoms with E-state index in [1.54, 1.807) is 113 Å². The number of aromatic nitrogens is 6. The number of imidazole rings is 2. The van der Waals surface area contributed by atoms with Gasteiger partial charge in [-0.3, -0.25) is 24.6 Å². The molecule has 77 heavy (non-hydrogen) atoms. The molecule has 4 aromatic rings. The summed E-state index contributed by atoms with van der Waals surface area (Å²) in [5.41, 5.74) is -0.986.